The number of ketones is 1. The first kappa shape index (κ1) is 14.1. The zero-order valence-electron chi connectivity index (χ0n) is 7.60. The van der Waals surface area contributed by atoms with Gasteiger partial charge in [-0.2, -0.15) is 0 Å². The number of hydrogen-bond acceptors (Lipinski definition) is 2. The predicted molar refractivity (Wildman–Crippen MR) is 39.8 cm³/mol. The molecule has 1 saturated heterocycles. The van der Waals surface area contributed by atoms with Crippen LogP contribution in [0.5, 0.6) is 0 Å². The molecule has 0 aromatic carbocycles. The summed E-state index contributed by atoms with van der Waals surface area (Å²) in [6.07, 6.45) is -0.286. The van der Waals surface area contributed by atoms with Crippen LogP contribution in [0.1, 0.15) is 12.8 Å². The van der Waals surface area contributed by atoms with Crippen molar-refractivity contribution in [2.45, 2.75) is 12.8 Å². The number of carbonyl (C=O) groups excluding carboxylic acids is 1. The Morgan fingerprint density at radius 3 is 2.08 bits per heavy atom. The van der Waals surface area contributed by atoms with E-state index in [0.29, 0.717) is 0 Å². The summed E-state index contributed by atoms with van der Waals surface area (Å²) in [6.45, 7) is -4.20. The minimum absolute atomic E-state index is 0. The Labute approximate surface area is 118 Å². The molecule has 13 heavy (non-hydrogen) atoms. The minimum Gasteiger partial charge on any atom is -0.448 e. The summed E-state index contributed by atoms with van der Waals surface area (Å²) in [4.78, 5) is 12.0. The molecule has 2 nitrogen and oxygen atoms in total. The quantitative estimate of drug-likeness (QED) is 0.503. The van der Waals surface area contributed by atoms with Crippen molar-refractivity contribution < 1.29 is 69.1 Å². The number of Topliss-reactive ketones (excluding diaryl/α,β-unsaturated/α-hetero) is 1. The van der Waals surface area contributed by atoms with Crippen LogP contribution in [0.3, 0.4) is 0 Å². The van der Waals surface area contributed by atoms with E-state index in [9.17, 15) is 17.7 Å². The van der Waals surface area contributed by atoms with E-state index in [4.69, 9.17) is 0 Å². The zero-order valence-corrected chi connectivity index (χ0v) is 10.7. The van der Waals surface area contributed by atoms with Crippen LogP contribution in [-0.4, -0.2) is 37.2 Å². The molecule has 0 unspecified atom stereocenters. The van der Waals surface area contributed by atoms with Gasteiger partial charge in [0.1, 0.15) is 5.78 Å². The van der Waals surface area contributed by atoms with Crippen molar-refractivity contribution in [3.8, 4) is 0 Å². The first-order chi connectivity index (χ1) is 5.47. The summed E-state index contributed by atoms with van der Waals surface area (Å²) in [7, 11) is 0. The Morgan fingerprint density at radius 1 is 1.23 bits per heavy atom. The van der Waals surface area contributed by atoms with Gasteiger partial charge in [0.05, 0.1) is 0 Å². The predicted octanol–water partition coefficient (Wildman–Crippen LogP) is -1.96. The third-order valence-electron chi connectivity index (χ3n) is 1.88. The molecule has 1 fully saturated rings. The molecule has 7 heteroatoms. The standard InChI is InChI=1S/C6H10BF3NO.K/c8-7(9,10)5-11-3-1-6(12)2-4-11;/h1-5H2;/q-1;+1. The van der Waals surface area contributed by atoms with Gasteiger partial charge in [-0.25, -0.2) is 0 Å². The number of halogens is 3. The van der Waals surface area contributed by atoms with Crippen LogP contribution < -0.4 is 51.4 Å². The van der Waals surface area contributed by atoms with Gasteiger partial charge in [0.25, 0.3) is 0 Å². The van der Waals surface area contributed by atoms with Crippen molar-refractivity contribution >= 4 is 12.8 Å². The maximum Gasteiger partial charge on any atom is 1.00 e. The van der Waals surface area contributed by atoms with Crippen molar-refractivity contribution in [2.75, 3.05) is 19.5 Å². The van der Waals surface area contributed by atoms with Crippen LogP contribution in [0.2, 0.25) is 0 Å². The average molecular weight is 219 g/mol. The third-order valence-corrected chi connectivity index (χ3v) is 1.88. The molecule has 0 spiro atoms. The van der Waals surface area contributed by atoms with Crippen molar-refractivity contribution in [3.05, 3.63) is 0 Å². The fraction of sp³-hybridized carbons (Fsp3) is 0.833. The maximum atomic E-state index is 11.9. The summed E-state index contributed by atoms with van der Waals surface area (Å²) >= 11 is 0. The summed E-state index contributed by atoms with van der Waals surface area (Å²) in [5, 5.41) is 0. The molecule has 1 aliphatic heterocycles. The average Bonchev–Trinajstić information content (AvgIpc) is 1.91. The molecule has 0 aliphatic carbocycles. The topological polar surface area (TPSA) is 20.3 Å². The normalized spacial score (nSPS) is 19.8. The molecule has 0 aromatic heterocycles. The molecular formula is C6H10BF3KNO. The number of piperidine rings is 1. The van der Waals surface area contributed by atoms with Crippen LogP contribution in [0.4, 0.5) is 12.9 Å². The molecule has 70 valence electrons. The van der Waals surface area contributed by atoms with Gasteiger partial charge in [-0.1, -0.05) is 0 Å². The largest absolute Gasteiger partial charge is 1.00 e. The van der Waals surface area contributed by atoms with Crippen LogP contribution in [0.25, 0.3) is 0 Å². The van der Waals surface area contributed by atoms with Gasteiger partial charge in [0.15, 0.2) is 0 Å². The molecule has 0 radical (unpaired) electrons. The third kappa shape index (κ3) is 6.24. The first-order valence-electron chi connectivity index (χ1n) is 3.92. The molecule has 0 aromatic rings. The van der Waals surface area contributed by atoms with E-state index < -0.39 is 13.4 Å². The number of nitrogens with zero attached hydrogens (tertiary/aromatic N) is 1. The molecule has 0 atom stereocenters. The van der Waals surface area contributed by atoms with Gasteiger partial charge in [0.2, 0.25) is 0 Å². The summed E-state index contributed by atoms with van der Waals surface area (Å²) < 4.78 is 35.6. The second-order valence-electron chi connectivity index (χ2n) is 3.05. The van der Waals surface area contributed by atoms with Crippen LogP contribution in [0.15, 0.2) is 0 Å². The van der Waals surface area contributed by atoms with Gasteiger partial charge < -0.3 is 17.8 Å². The Balaban J connectivity index is 0.00000144. The fourth-order valence-electron chi connectivity index (χ4n) is 1.28. The van der Waals surface area contributed by atoms with E-state index in [1.54, 1.807) is 0 Å². The summed E-state index contributed by atoms with van der Waals surface area (Å²) in [5.41, 5.74) is 0. The SMILES string of the molecule is O=C1CCN(C[B-](F)(F)F)CC1.[K+]. The van der Waals surface area contributed by atoms with E-state index >= 15 is 0 Å². The Bertz CT molecular complexity index is 177. The van der Waals surface area contributed by atoms with Gasteiger partial charge in [0, 0.05) is 25.9 Å². The molecule has 0 N–H and O–H groups in total. The summed E-state index contributed by atoms with van der Waals surface area (Å²) in [6, 6.07) is 0. The Morgan fingerprint density at radius 2 is 1.69 bits per heavy atom. The second-order valence-corrected chi connectivity index (χ2v) is 3.05. The van der Waals surface area contributed by atoms with Crippen LogP contribution in [0, 0.1) is 0 Å². The molecule has 0 amide bonds. The molecule has 1 heterocycles. The van der Waals surface area contributed by atoms with E-state index in [0.717, 1.165) is 0 Å². The van der Waals surface area contributed by atoms with Crippen molar-refractivity contribution in [3.63, 3.8) is 0 Å². The van der Waals surface area contributed by atoms with Crippen LogP contribution in [-0.2, 0) is 4.79 Å². The monoisotopic (exact) mass is 219 g/mol. The van der Waals surface area contributed by atoms with Crippen molar-refractivity contribution in [1.29, 1.82) is 0 Å². The molecule has 1 aliphatic rings. The number of carbonyl (C=O) groups is 1. The molecule has 0 saturated carbocycles. The van der Waals surface area contributed by atoms with E-state index in [-0.39, 0.29) is 83.1 Å². The molecule has 0 bridgehead atoms. The van der Waals surface area contributed by atoms with Gasteiger partial charge in [-0.3, -0.25) is 4.79 Å². The second kappa shape index (κ2) is 5.87. The molecule has 1 rings (SSSR count). The maximum absolute atomic E-state index is 11.9. The van der Waals surface area contributed by atoms with Gasteiger partial charge in [-0.05, 0) is 6.44 Å². The van der Waals surface area contributed by atoms with Crippen molar-refractivity contribution in [2.24, 2.45) is 0 Å². The van der Waals surface area contributed by atoms with E-state index in [1.165, 1.54) is 4.90 Å². The Hall–Kier alpha value is 1.12. The van der Waals surface area contributed by atoms with Gasteiger partial charge in [-0.15, -0.1) is 0 Å². The van der Waals surface area contributed by atoms with E-state index in [2.05, 4.69) is 0 Å². The molecular weight excluding hydrogens is 209 g/mol. The van der Waals surface area contributed by atoms with Crippen molar-refractivity contribution in [1.82, 2.24) is 4.90 Å². The van der Waals surface area contributed by atoms with E-state index in [1.807, 2.05) is 0 Å². The number of rotatable bonds is 2. The zero-order chi connectivity index (χ0) is 9.19. The fourth-order valence-corrected chi connectivity index (χ4v) is 1.28. The van der Waals surface area contributed by atoms with Crippen LogP contribution >= 0.6 is 0 Å². The number of likely N-dealkylation sites (tertiary alicyclic amines) is 1. The minimum atomic E-state index is -4.73. The first-order valence-corrected chi connectivity index (χ1v) is 3.92. The smallest absolute Gasteiger partial charge is 0.448 e. The number of hydrogen-bond donors (Lipinski definition) is 0. The summed E-state index contributed by atoms with van der Waals surface area (Å²) in [5.74, 6) is 0.0703. The Kier molecular flexibility index (Phi) is 6.38. The van der Waals surface area contributed by atoms with Gasteiger partial charge >= 0.3 is 58.4 Å².